The molecule has 1 aromatic carbocycles. The van der Waals surface area contributed by atoms with E-state index in [-0.39, 0.29) is 30.5 Å². The van der Waals surface area contributed by atoms with E-state index < -0.39 is 0 Å². The van der Waals surface area contributed by atoms with Gasteiger partial charge in [0.05, 0.1) is 6.10 Å². The lowest BCUT2D eigenvalue weighted by Gasteiger charge is -2.32. The number of hydrogen-bond acceptors (Lipinski definition) is 4. The maximum atomic E-state index is 13.1. The molecule has 0 spiro atoms. The second-order valence-electron chi connectivity index (χ2n) is 7.08. The highest BCUT2D eigenvalue weighted by Crippen LogP contribution is 2.31. The Bertz CT molecular complexity index is 689. The highest BCUT2D eigenvalue weighted by atomic mass is 32.2. The van der Waals surface area contributed by atoms with E-state index in [2.05, 4.69) is 6.58 Å². The number of nitrogens with zero attached hydrogens (tertiary/aromatic N) is 2. The summed E-state index contributed by atoms with van der Waals surface area (Å²) in [5.74, 6) is 1.92. The van der Waals surface area contributed by atoms with Gasteiger partial charge in [-0.25, -0.2) is 0 Å². The van der Waals surface area contributed by atoms with E-state index in [1.165, 1.54) is 4.90 Å². The first-order chi connectivity index (χ1) is 12.6. The van der Waals surface area contributed by atoms with Gasteiger partial charge in [-0.1, -0.05) is 24.8 Å². The maximum absolute atomic E-state index is 13.1. The molecule has 0 aliphatic carbocycles. The fourth-order valence-electron chi connectivity index (χ4n) is 3.96. The van der Waals surface area contributed by atoms with Crippen LogP contribution in [0.2, 0.25) is 0 Å². The van der Waals surface area contributed by atoms with E-state index >= 15 is 0 Å². The van der Waals surface area contributed by atoms with E-state index in [4.69, 9.17) is 4.74 Å². The van der Waals surface area contributed by atoms with Gasteiger partial charge in [0.1, 0.15) is 6.54 Å². The third kappa shape index (κ3) is 3.28. The van der Waals surface area contributed by atoms with Crippen molar-refractivity contribution in [3.8, 4) is 0 Å². The number of benzene rings is 1. The van der Waals surface area contributed by atoms with Gasteiger partial charge in [-0.15, -0.1) is 0 Å². The Morgan fingerprint density at radius 1 is 1.31 bits per heavy atom. The molecule has 4 rings (SSSR count). The molecule has 0 aromatic heterocycles. The molecule has 0 bridgehead atoms. The highest BCUT2D eigenvalue weighted by Gasteiger charge is 2.36. The van der Waals surface area contributed by atoms with Crippen molar-refractivity contribution in [2.24, 2.45) is 0 Å². The molecule has 3 aliphatic heterocycles. The number of thioether (sulfide) groups is 1. The van der Waals surface area contributed by atoms with Crippen LogP contribution >= 0.6 is 11.8 Å². The summed E-state index contributed by atoms with van der Waals surface area (Å²) >= 11 is 1.89. The highest BCUT2D eigenvalue weighted by molar-refractivity contribution is 7.99. The largest absolute Gasteiger partial charge is 0.376 e. The summed E-state index contributed by atoms with van der Waals surface area (Å²) in [6.07, 6.45) is 3.20. The van der Waals surface area contributed by atoms with Crippen molar-refractivity contribution in [3.63, 3.8) is 0 Å². The Balaban J connectivity index is 1.49. The third-order valence-electron chi connectivity index (χ3n) is 5.42. The van der Waals surface area contributed by atoms with Gasteiger partial charge in [0.2, 0.25) is 5.91 Å². The first-order valence-electron chi connectivity index (χ1n) is 9.24. The molecule has 26 heavy (non-hydrogen) atoms. The number of rotatable bonds is 5. The van der Waals surface area contributed by atoms with Crippen LogP contribution < -0.4 is 0 Å². The number of amides is 2. The van der Waals surface area contributed by atoms with Crippen LogP contribution in [-0.4, -0.2) is 65.0 Å². The molecule has 0 unspecified atom stereocenters. The monoisotopic (exact) mass is 372 g/mol. The number of hydrogen-bond donors (Lipinski definition) is 0. The molecular formula is C20H24N2O3S. The fourth-order valence-corrected chi connectivity index (χ4v) is 5.18. The fraction of sp³-hybridized carbons (Fsp3) is 0.500. The minimum absolute atomic E-state index is 0.00435. The van der Waals surface area contributed by atoms with E-state index in [0.717, 1.165) is 42.9 Å². The SMILES string of the molecule is C=C1c2ccccc2C(=O)N1CC(=O)N(C[C@@H]1CCCO1)[C@@H]1CCSC1. The lowest BCUT2D eigenvalue weighted by Crippen LogP contribution is -2.48. The Kier molecular flexibility index (Phi) is 5.05. The molecule has 0 N–H and O–H groups in total. The van der Waals surface area contributed by atoms with Crippen LogP contribution in [0.4, 0.5) is 0 Å². The van der Waals surface area contributed by atoms with Gasteiger partial charge < -0.3 is 9.64 Å². The molecule has 2 fully saturated rings. The van der Waals surface area contributed by atoms with Gasteiger partial charge in [0, 0.05) is 41.8 Å². The van der Waals surface area contributed by atoms with E-state index in [1.807, 2.05) is 34.9 Å². The minimum atomic E-state index is -0.128. The topological polar surface area (TPSA) is 49.9 Å². The van der Waals surface area contributed by atoms with Gasteiger partial charge in [0.15, 0.2) is 0 Å². The summed E-state index contributed by atoms with van der Waals surface area (Å²) in [5.41, 5.74) is 2.08. The molecule has 6 heteroatoms. The summed E-state index contributed by atoms with van der Waals surface area (Å²) in [4.78, 5) is 29.3. The Labute approximate surface area is 158 Å². The molecule has 3 aliphatic rings. The Morgan fingerprint density at radius 3 is 2.77 bits per heavy atom. The van der Waals surface area contributed by atoms with Crippen LogP contribution in [0.15, 0.2) is 30.8 Å². The Hall–Kier alpha value is -1.79. The quantitative estimate of drug-likeness (QED) is 0.797. The predicted molar refractivity (Wildman–Crippen MR) is 103 cm³/mol. The van der Waals surface area contributed by atoms with Crippen molar-refractivity contribution in [1.82, 2.24) is 9.80 Å². The zero-order chi connectivity index (χ0) is 18.1. The van der Waals surface area contributed by atoms with Crippen LogP contribution in [0.1, 0.15) is 35.2 Å². The zero-order valence-corrected chi connectivity index (χ0v) is 15.7. The first kappa shape index (κ1) is 17.6. The molecule has 0 radical (unpaired) electrons. The third-order valence-corrected chi connectivity index (χ3v) is 6.57. The number of carbonyl (C=O) groups excluding carboxylic acids is 2. The lowest BCUT2D eigenvalue weighted by atomic mass is 10.1. The van der Waals surface area contributed by atoms with Crippen LogP contribution in [0.5, 0.6) is 0 Å². The van der Waals surface area contributed by atoms with E-state index in [9.17, 15) is 9.59 Å². The van der Waals surface area contributed by atoms with Gasteiger partial charge in [-0.05, 0) is 31.1 Å². The van der Waals surface area contributed by atoms with Gasteiger partial charge in [0.25, 0.3) is 5.91 Å². The minimum Gasteiger partial charge on any atom is -0.376 e. The number of fused-ring (bicyclic) bond motifs is 1. The van der Waals surface area contributed by atoms with Crippen molar-refractivity contribution in [3.05, 3.63) is 42.0 Å². The number of ether oxygens (including phenoxy) is 1. The predicted octanol–water partition coefficient (Wildman–Crippen LogP) is 2.63. The molecule has 3 heterocycles. The van der Waals surface area contributed by atoms with Crippen LogP contribution in [0, 0.1) is 0 Å². The van der Waals surface area contributed by atoms with Gasteiger partial charge in [-0.2, -0.15) is 11.8 Å². The molecule has 5 nitrogen and oxygen atoms in total. The smallest absolute Gasteiger partial charge is 0.259 e. The van der Waals surface area contributed by atoms with Crippen molar-refractivity contribution < 1.29 is 14.3 Å². The molecule has 2 atom stereocenters. The standard InChI is InChI=1S/C20H24N2O3S/c1-14-17-6-2-3-7-18(17)20(24)21(14)12-19(23)22(15-8-10-26-13-15)11-16-5-4-9-25-16/h2-3,6-7,15-16H,1,4-5,8-13H2/t15-,16+/m1/s1. The van der Waals surface area contributed by atoms with Crippen molar-refractivity contribution in [2.45, 2.75) is 31.4 Å². The zero-order valence-electron chi connectivity index (χ0n) is 14.9. The van der Waals surface area contributed by atoms with Crippen molar-refractivity contribution in [1.29, 1.82) is 0 Å². The summed E-state index contributed by atoms with van der Waals surface area (Å²) in [7, 11) is 0. The normalized spacial score (nSPS) is 25.0. The average Bonchev–Trinajstić information content (AvgIpc) is 3.39. The molecule has 2 saturated heterocycles. The molecule has 0 saturated carbocycles. The Morgan fingerprint density at radius 2 is 2.12 bits per heavy atom. The molecular weight excluding hydrogens is 348 g/mol. The van der Waals surface area contributed by atoms with Gasteiger partial charge in [-0.3, -0.25) is 14.5 Å². The van der Waals surface area contributed by atoms with Crippen LogP contribution in [-0.2, 0) is 9.53 Å². The van der Waals surface area contributed by atoms with Gasteiger partial charge >= 0.3 is 0 Å². The average molecular weight is 372 g/mol. The first-order valence-corrected chi connectivity index (χ1v) is 10.4. The summed E-state index contributed by atoms with van der Waals surface area (Å²) < 4.78 is 5.76. The summed E-state index contributed by atoms with van der Waals surface area (Å²) in [6, 6.07) is 7.66. The number of carbonyl (C=O) groups is 2. The van der Waals surface area contributed by atoms with Crippen LogP contribution in [0.3, 0.4) is 0 Å². The van der Waals surface area contributed by atoms with E-state index in [0.29, 0.717) is 17.8 Å². The molecule has 1 aromatic rings. The molecule has 2 amide bonds. The summed E-state index contributed by atoms with van der Waals surface area (Å²) in [6.45, 7) is 5.51. The van der Waals surface area contributed by atoms with E-state index in [1.54, 1.807) is 6.07 Å². The lowest BCUT2D eigenvalue weighted by molar-refractivity contribution is -0.134. The van der Waals surface area contributed by atoms with Crippen molar-refractivity contribution >= 4 is 29.3 Å². The van der Waals surface area contributed by atoms with Crippen molar-refractivity contribution in [2.75, 3.05) is 31.2 Å². The second kappa shape index (κ2) is 7.45. The molecule has 138 valence electrons. The second-order valence-corrected chi connectivity index (χ2v) is 8.23. The maximum Gasteiger partial charge on any atom is 0.259 e. The van der Waals surface area contributed by atoms with Crippen LogP contribution in [0.25, 0.3) is 5.70 Å². The summed E-state index contributed by atoms with van der Waals surface area (Å²) in [5, 5.41) is 0.